The summed E-state index contributed by atoms with van der Waals surface area (Å²) in [6.45, 7) is 1.79. The fourth-order valence-corrected chi connectivity index (χ4v) is 2.12. The van der Waals surface area contributed by atoms with Crippen molar-refractivity contribution in [2.45, 2.75) is 19.4 Å². The van der Waals surface area contributed by atoms with Crippen LogP contribution in [0.1, 0.15) is 19.4 Å². The summed E-state index contributed by atoms with van der Waals surface area (Å²) in [5.41, 5.74) is 4.56. The maximum absolute atomic E-state index is 11.5. The van der Waals surface area contributed by atoms with Gasteiger partial charge in [0, 0.05) is 34.9 Å². The van der Waals surface area contributed by atoms with Crippen molar-refractivity contribution in [3.63, 3.8) is 0 Å². The molecule has 1 aromatic rings. The summed E-state index contributed by atoms with van der Waals surface area (Å²) in [4.78, 5) is 24.6. The lowest BCUT2D eigenvalue weighted by Crippen LogP contribution is -2.33. The van der Waals surface area contributed by atoms with Crippen LogP contribution in [0, 0.1) is 0 Å². The van der Waals surface area contributed by atoms with Crippen LogP contribution in [0.3, 0.4) is 0 Å². The molecule has 0 radical (unpaired) electrons. The van der Waals surface area contributed by atoms with Crippen molar-refractivity contribution in [2.75, 3.05) is 17.7 Å². The highest BCUT2D eigenvalue weighted by molar-refractivity contribution is 7.84. The lowest BCUT2D eigenvalue weighted by atomic mass is 10.2. The van der Waals surface area contributed by atoms with Crippen molar-refractivity contribution in [3.8, 4) is 0 Å². The highest BCUT2D eigenvalue weighted by atomic mass is 32.2. The van der Waals surface area contributed by atoms with Gasteiger partial charge in [0.15, 0.2) is 0 Å². The van der Waals surface area contributed by atoms with Gasteiger partial charge in [0.05, 0.1) is 0 Å². The third-order valence-electron chi connectivity index (χ3n) is 2.27. The second-order valence-corrected chi connectivity index (χ2v) is 5.20. The van der Waals surface area contributed by atoms with Crippen LogP contribution >= 0.6 is 0 Å². The van der Waals surface area contributed by atoms with Crippen LogP contribution in [-0.4, -0.2) is 25.8 Å². The van der Waals surface area contributed by atoms with E-state index in [2.05, 4.69) is 4.98 Å². The van der Waals surface area contributed by atoms with Gasteiger partial charge in [-0.05, 0) is 13.3 Å². The number of nitrogens with two attached hydrogens (primary N) is 1. The molecule has 0 bridgehead atoms. The number of anilines is 1. The number of nitrogen functional groups attached to an aromatic ring is 1. The molecule has 0 aliphatic rings. The first-order valence-corrected chi connectivity index (χ1v) is 6.56. The van der Waals surface area contributed by atoms with Gasteiger partial charge in [-0.25, -0.2) is 4.79 Å². The van der Waals surface area contributed by atoms with Crippen LogP contribution in [0.4, 0.5) is 5.82 Å². The molecule has 0 aromatic carbocycles. The van der Waals surface area contributed by atoms with Crippen LogP contribution in [0.25, 0.3) is 0 Å². The second-order valence-electron chi connectivity index (χ2n) is 3.65. The number of aromatic nitrogens is 2. The Morgan fingerprint density at radius 1 is 1.56 bits per heavy atom. The lowest BCUT2D eigenvalue weighted by molar-refractivity contribution is 0.511. The number of H-pyrrole nitrogens is 1. The smallest absolute Gasteiger partial charge is 0.330 e. The highest BCUT2D eigenvalue weighted by Gasteiger charge is 2.11. The molecule has 2 atom stereocenters. The average Bonchev–Trinajstić information content (AvgIpc) is 2.12. The van der Waals surface area contributed by atoms with Gasteiger partial charge in [0.2, 0.25) is 0 Å². The molecule has 0 fully saturated rings. The van der Waals surface area contributed by atoms with Crippen molar-refractivity contribution < 1.29 is 4.21 Å². The third-order valence-corrected chi connectivity index (χ3v) is 3.08. The van der Waals surface area contributed by atoms with Gasteiger partial charge in [-0.3, -0.25) is 18.6 Å². The number of rotatable bonds is 4. The molecule has 3 N–H and O–H groups in total. The molecule has 0 amide bonds. The molecule has 1 aromatic heterocycles. The summed E-state index contributed by atoms with van der Waals surface area (Å²) >= 11 is 0. The maximum Gasteiger partial charge on any atom is 0.330 e. The molecule has 0 spiro atoms. The second kappa shape index (κ2) is 5.11. The number of nitrogens with zero attached hydrogens (tertiary/aromatic N) is 1. The Bertz CT molecular complexity index is 505. The van der Waals surface area contributed by atoms with E-state index >= 15 is 0 Å². The number of nitrogens with one attached hydrogen (secondary N) is 1. The molecule has 1 rings (SSSR count). The standard InChI is InChI=1S/C9H15N3O3S/c1-6(3-4-16(2)15)12-7(10)5-8(13)11-9(12)14/h5-6H,3-4,10H2,1-2H3,(H,11,13,14). The minimum atomic E-state index is -0.906. The van der Waals surface area contributed by atoms with Crippen LogP contribution < -0.4 is 17.0 Å². The number of hydrogen-bond donors (Lipinski definition) is 2. The lowest BCUT2D eigenvalue weighted by Gasteiger charge is -2.15. The Balaban J connectivity index is 3.00. The summed E-state index contributed by atoms with van der Waals surface area (Å²) in [6, 6.07) is 0.981. The molecule has 0 saturated carbocycles. The monoisotopic (exact) mass is 245 g/mol. The highest BCUT2D eigenvalue weighted by Crippen LogP contribution is 2.11. The SMILES string of the molecule is CC(CCS(C)=O)n1c(N)cc(=O)[nH]c1=O. The van der Waals surface area contributed by atoms with Gasteiger partial charge in [0.1, 0.15) is 5.82 Å². The Hall–Kier alpha value is -1.37. The number of aromatic amines is 1. The first-order chi connectivity index (χ1) is 7.41. The van der Waals surface area contributed by atoms with Crippen LogP contribution in [0.5, 0.6) is 0 Å². The molecule has 90 valence electrons. The zero-order chi connectivity index (χ0) is 12.3. The summed E-state index contributed by atoms with van der Waals surface area (Å²) < 4.78 is 12.2. The van der Waals surface area contributed by atoms with E-state index in [1.54, 1.807) is 13.2 Å². The molecule has 7 heteroatoms. The quantitative estimate of drug-likeness (QED) is 0.743. The summed E-state index contributed by atoms with van der Waals surface area (Å²) in [7, 11) is -0.906. The Kier molecular flexibility index (Phi) is 4.05. The zero-order valence-corrected chi connectivity index (χ0v) is 10.0. The molecule has 0 aliphatic heterocycles. The van der Waals surface area contributed by atoms with E-state index in [0.717, 1.165) is 0 Å². The van der Waals surface area contributed by atoms with E-state index in [-0.39, 0.29) is 11.9 Å². The molecule has 16 heavy (non-hydrogen) atoms. The average molecular weight is 245 g/mol. The molecule has 0 aliphatic carbocycles. The Labute approximate surface area is 94.9 Å². The number of hydrogen-bond acceptors (Lipinski definition) is 4. The first-order valence-electron chi connectivity index (χ1n) is 4.83. The summed E-state index contributed by atoms with van der Waals surface area (Å²) in [5, 5.41) is 0. The van der Waals surface area contributed by atoms with E-state index in [0.29, 0.717) is 12.2 Å². The molecule has 1 heterocycles. The normalized spacial score (nSPS) is 14.6. The fraction of sp³-hybridized carbons (Fsp3) is 0.556. The van der Waals surface area contributed by atoms with Gasteiger partial charge in [0.25, 0.3) is 5.56 Å². The van der Waals surface area contributed by atoms with Gasteiger partial charge in [-0.15, -0.1) is 0 Å². The van der Waals surface area contributed by atoms with Gasteiger partial charge >= 0.3 is 5.69 Å². The predicted molar refractivity (Wildman–Crippen MR) is 64.0 cm³/mol. The first kappa shape index (κ1) is 12.7. The minimum absolute atomic E-state index is 0.128. The van der Waals surface area contributed by atoms with E-state index in [9.17, 15) is 13.8 Å². The Morgan fingerprint density at radius 2 is 2.19 bits per heavy atom. The van der Waals surface area contributed by atoms with E-state index < -0.39 is 22.0 Å². The molecular formula is C9H15N3O3S. The van der Waals surface area contributed by atoms with Crippen LogP contribution in [0.2, 0.25) is 0 Å². The van der Waals surface area contributed by atoms with Gasteiger partial charge < -0.3 is 5.73 Å². The zero-order valence-electron chi connectivity index (χ0n) is 9.23. The van der Waals surface area contributed by atoms with Crippen molar-refractivity contribution in [1.82, 2.24) is 9.55 Å². The van der Waals surface area contributed by atoms with Crippen LogP contribution in [-0.2, 0) is 10.8 Å². The van der Waals surface area contributed by atoms with Crippen molar-refractivity contribution in [3.05, 3.63) is 26.9 Å². The van der Waals surface area contributed by atoms with Crippen LogP contribution in [0.15, 0.2) is 15.7 Å². The molecule has 0 saturated heterocycles. The summed E-state index contributed by atoms with van der Waals surface area (Å²) in [5.74, 6) is 0.620. The van der Waals surface area contributed by atoms with E-state index in [1.807, 2.05) is 0 Å². The topological polar surface area (TPSA) is 97.9 Å². The molecule has 6 nitrogen and oxygen atoms in total. The maximum atomic E-state index is 11.5. The summed E-state index contributed by atoms with van der Waals surface area (Å²) in [6.07, 6.45) is 2.17. The van der Waals surface area contributed by atoms with Crippen molar-refractivity contribution in [1.29, 1.82) is 0 Å². The van der Waals surface area contributed by atoms with Gasteiger partial charge in [-0.1, -0.05) is 0 Å². The molecule has 2 unspecified atom stereocenters. The largest absolute Gasteiger partial charge is 0.385 e. The predicted octanol–water partition coefficient (Wildman–Crippen LogP) is -0.552. The van der Waals surface area contributed by atoms with Crippen molar-refractivity contribution >= 4 is 16.6 Å². The Morgan fingerprint density at radius 3 is 2.69 bits per heavy atom. The van der Waals surface area contributed by atoms with Gasteiger partial charge in [-0.2, -0.15) is 0 Å². The third kappa shape index (κ3) is 3.06. The minimum Gasteiger partial charge on any atom is -0.385 e. The fourth-order valence-electron chi connectivity index (χ4n) is 1.44. The van der Waals surface area contributed by atoms with E-state index in [4.69, 9.17) is 5.73 Å². The van der Waals surface area contributed by atoms with Crippen molar-refractivity contribution in [2.24, 2.45) is 0 Å². The molecular weight excluding hydrogens is 230 g/mol. The van der Waals surface area contributed by atoms with E-state index in [1.165, 1.54) is 10.6 Å².